The summed E-state index contributed by atoms with van der Waals surface area (Å²) in [6.45, 7) is 4.29. The van der Waals surface area contributed by atoms with Gasteiger partial charge in [-0.05, 0) is 55.7 Å². The molecule has 1 N–H and O–H groups in total. The van der Waals surface area contributed by atoms with Gasteiger partial charge in [-0.3, -0.25) is 4.79 Å². The predicted molar refractivity (Wildman–Crippen MR) is 119 cm³/mol. The van der Waals surface area contributed by atoms with Crippen molar-refractivity contribution < 1.29 is 23.2 Å². The second-order valence-corrected chi connectivity index (χ2v) is 9.46. The molecule has 34 heavy (non-hydrogen) atoms. The van der Waals surface area contributed by atoms with Gasteiger partial charge in [-0.1, -0.05) is 17.3 Å². The lowest BCUT2D eigenvalue weighted by atomic mass is 9.78. The maximum atomic E-state index is 13.5. The first-order valence-electron chi connectivity index (χ1n) is 12.0. The van der Waals surface area contributed by atoms with Gasteiger partial charge in [-0.2, -0.15) is 4.98 Å². The van der Waals surface area contributed by atoms with E-state index in [0.29, 0.717) is 50.2 Å². The number of hydrogen-bond donors (Lipinski definition) is 1. The third-order valence-electron chi connectivity index (χ3n) is 7.24. The van der Waals surface area contributed by atoms with Crippen LogP contribution in [0.1, 0.15) is 42.5 Å². The molecule has 3 saturated heterocycles. The van der Waals surface area contributed by atoms with Crippen molar-refractivity contribution in [1.29, 1.82) is 0 Å². The summed E-state index contributed by atoms with van der Waals surface area (Å²) >= 11 is 0. The molecule has 3 aliphatic rings. The molecule has 3 amide bonds. The molecule has 1 aromatic carbocycles. The van der Waals surface area contributed by atoms with Gasteiger partial charge in [0.2, 0.25) is 11.8 Å². The first kappa shape index (κ1) is 22.8. The van der Waals surface area contributed by atoms with Crippen LogP contribution in [-0.4, -0.2) is 76.8 Å². The van der Waals surface area contributed by atoms with Crippen LogP contribution in [0.25, 0.3) is 0 Å². The fraction of sp³-hybridized carbons (Fsp3) is 0.583. The van der Waals surface area contributed by atoms with Crippen molar-refractivity contribution in [3.63, 3.8) is 0 Å². The van der Waals surface area contributed by atoms with Crippen LogP contribution in [0.4, 0.5) is 9.18 Å². The fourth-order valence-corrected chi connectivity index (χ4v) is 5.44. The fourth-order valence-electron chi connectivity index (χ4n) is 5.44. The molecule has 10 heteroatoms. The number of likely N-dealkylation sites (tertiary alicyclic amines) is 2. The number of urea groups is 1. The molecule has 2 aromatic rings. The Hall–Kier alpha value is -3.01. The number of aromatic nitrogens is 2. The number of carbonyl (C=O) groups is 2. The van der Waals surface area contributed by atoms with Gasteiger partial charge >= 0.3 is 6.03 Å². The van der Waals surface area contributed by atoms with Gasteiger partial charge in [0, 0.05) is 32.6 Å². The lowest BCUT2D eigenvalue weighted by molar-refractivity contribution is -0.139. The van der Waals surface area contributed by atoms with Crippen molar-refractivity contribution in [2.75, 3.05) is 32.8 Å². The van der Waals surface area contributed by atoms with E-state index in [1.165, 1.54) is 12.1 Å². The highest BCUT2D eigenvalue weighted by atomic mass is 19.1. The number of aryl methyl sites for hydroxylation is 1. The maximum Gasteiger partial charge on any atom is 0.320 e. The van der Waals surface area contributed by atoms with E-state index in [4.69, 9.17) is 9.26 Å². The largest absolute Gasteiger partial charge is 0.366 e. The third-order valence-corrected chi connectivity index (χ3v) is 7.24. The summed E-state index contributed by atoms with van der Waals surface area (Å²) in [5.74, 6) is 1.18. The van der Waals surface area contributed by atoms with E-state index >= 15 is 0 Å². The molecule has 5 rings (SSSR count). The molecule has 9 nitrogen and oxygen atoms in total. The van der Waals surface area contributed by atoms with Gasteiger partial charge in [-0.25, -0.2) is 9.18 Å². The highest BCUT2D eigenvalue weighted by Gasteiger charge is 2.38. The number of nitrogens with zero attached hydrogens (tertiary/aromatic N) is 4. The standard InChI is InChI=1S/C24H30FN5O4/c1-15-26-23(34-28-15)12-19(16-2-4-18(25)5-3-16)17-6-9-29(10-7-17)24(32)30-11-8-21-20(13-30)27-22(31)14-33-21/h2-5,17,19-21H,6-14H2,1H3,(H,27,31)/t19-,20?,21+/m1/s1. The minimum Gasteiger partial charge on any atom is -0.366 e. The molecule has 0 bridgehead atoms. The van der Waals surface area contributed by atoms with Crippen molar-refractivity contribution in [2.24, 2.45) is 5.92 Å². The Morgan fingerprint density at radius 1 is 1.18 bits per heavy atom. The first-order valence-corrected chi connectivity index (χ1v) is 12.0. The summed E-state index contributed by atoms with van der Waals surface area (Å²) in [4.78, 5) is 33.0. The molecule has 1 unspecified atom stereocenters. The molecule has 1 aromatic heterocycles. The Balaban J connectivity index is 1.22. The average molecular weight is 472 g/mol. The number of rotatable bonds is 4. The molecule has 3 fully saturated rings. The molecular formula is C24H30FN5O4. The highest BCUT2D eigenvalue weighted by molar-refractivity contribution is 5.79. The van der Waals surface area contributed by atoms with E-state index < -0.39 is 0 Å². The van der Waals surface area contributed by atoms with Crippen LogP contribution in [0.5, 0.6) is 0 Å². The van der Waals surface area contributed by atoms with Crippen molar-refractivity contribution in [1.82, 2.24) is 25.3 Å². The number of piperidine rings is 2. The zero-order valence-corrected chi connectivity index (χ0v) is 19.3. The first-order chi connectivity index (χ1) is 16.5. The SMILES string of the molecule is Cc1noc(C[C@H](c2ccc(F)cc2)C2CCN(C(=O)N3CC[C@@H]4OCC(=O)NC4C3)CC2)n1. The molecule has 0 spiro atoms. The lowest BCUT2D eigenvalue weighted by Crippen LogP contribution is -2.62. The van der Waals surface area contributed by atoms with Gasteiger partial charge in [0.15, 0.2) is 5.82 Å². The van der Waals surface area contributed by atoms with Gasteiger partial charge in [0.25, 0.3) is 0 Å². The zero-order chi connectivity index (χ0) is 23.7. The Bertz CT molecular complexity index is 1020. The van der Waals surface area contributed by atoms with Gasteiger partial charge in [0.1, 0.15) is 12.4 Å². The number of ether oxygens (including phenoxy) is 1. The van der Waals surface area contributed by atoms with Gasteiger partial charge < -0.3 is 24.4 Å². The van der Waals surface area contributed by atoms with Crippen LogP contribution in [0.2, 0.25) is 0 Å². The quantitative estimate of drug-likeness (QED) is 0.734. The number of carbonyl (C=O) groups excluding carboxylic acids is 2. The number of hydrogen-bond acceptors (Lipinski definition) is 6. The monoisotopic (exact) mass is 471 g/mol. The Morgan fingerprint density at radius 3 is 2.62 bits per heavy atom. The van der Waals surface area contributed by atoms with E-state index in [-0.39, 0.29) is 42.4 Å². The molecule has 3 aliphatic heterocycles. The number of benzene rings is 1. The summed E-state index contributed by atoms with van der Waals surface area (Å²) in [6, 6.07) is 6.49. The minimum absolute atomic E-state index is 0.0163. The van der Waals surface area contributed by atoms with Crippen LogP contribution in [0, 0.1) is 18.7 Å². The molecule has 0 radical (unpaired) electrons. The molecule has 0 aliphatic carbocycles. The number of amides is 3. The van der Waals surface area contributed by atoms with Crippen LogP contribution < -0.4 is 5.32 Å². The normalized spacial score (nSPS) is 24.5. The van der Waals surface area contributed by atoms with Crippen molar-refractivity contribution in [2.45, 2.75) is 50.7 Å². The number of fused-ring (bicyclic) bond motifs is 1. The summed E-state index contributed by atoms with van der Waals surface area (Å²) in [6.07, 6.45) is 2.96. The average Bonchev–Trinajstić information content (AvgIpc) is 3.27. The Kier molecular flexibility index (Phi) is 6.49. The Labute approximate surface area is 197 Å². The van der Waals surface area contributed by atoms with E-state index in [0.717, 1.165) is 24.8 Å². The topological polar surface area (TPSA) is 101 Å². The maximum absolute atomic E-state index is 13.5. The van der Waals surface area contributed by atoms with Gasteiger partial charge in [-0.15, -0.1) is 0 Å². The summed E-state index contributed by atoms with van der Waals surface area (Å²) in [7, 11) is 0. The van der Waals surface area contributed by atoms with Crippen molar-refractivity contribution in [3.8, 4) is 0 Å². The van der Waals surface area contributed by atoms with Crippen LogP contribution in [0.3, 0.4) is 0 Å². The van der Waals surface area contributed by atoms with E-state index in [2.05, 4.69) is 15.5 Å². The molecule has 0 saturated carbocycles. The van der Waals surface area contributed by atoms with Gasteiger partial charge in [0.05, 0.1) is 12.1 Å². The second-order valence-electron chi connectivity index (χ2n) is 9.46. The number of morpholine rings is 1. The third kappa shape index (κ3) is 4.91. The van der Waals surface area contributed by atoms with Crippen molar-refractivity contribution in [3.05, 3.63) is 47.4 Å². The smallest absolute Gasteiger partial charge is 0.320 e. The highest BCUT2D eigenvalue weighted by Crippen LogP contribution is 2.36. The lowest BCUT2D eigenvalue weighted by Gasteiger charge is -2.44. The van der Waals surface area contributed by atoms with Crippen molar-refractivity contribution >= 4 is 11.9 Å². The minimum atomic E-state index is -0.264. The molecule has 3 atom stereocenters. The summed E-state index contributed by atoms with van der Waals surface area (Å²) in [5.41, 5.74) is 1.04. The zero-order valence-electron chi connectivity index (χ0n) is 19.3. The van der Waals surface area contributed by atoms with E-state index in [1.54, 1.807) is 6.92 Å². The number of nitrogens with one attached hydrogen (secondary N) is 1. The Morgan fingerprint density at radius 2 is 1.91 bits per heavy atom. The predicted octanol–water partition coefficient (Wildman–Crippen LogP) is 2.26. The molecule has 4 heterocycles. The summed E-state index contributed by atoms with van der Waals surface area (Å²) < 4.78 is 24.5. The van der Waals surface area contributed by atoms with Crippen LogP contribution in [0.15, 0.2) is 28.8 Å². The van der Waals surface area contributed by atoms with E-state index in [1.807, 2.05) is 21.9 Å². The molecule has 182 valence electrons. The summed E-state index contributed by atoms with van der Waals surface area (Å²) in [5, 5.41) is 6.86. The van der Waals surface area contributed by atoms with Crippen LogP contribution in [-0.2, 0) is 16.0 Å². The number of halogens is 1. The van der Waals surface area contributed by atoms with Crippen LogP contribution >= 0.6 is 0 Å². The molecular weight excluding hydrogens is 441 g/mol. The second kappa shape index (κ2) is 9.69. The van der Waals surface area contributed by atoms with E-state index in [9.17, 15) is 14.0 Å².